The molecule has 3 N–H and O–H groups in total. The minimum atomic E-state index is -0.256. The summed E-state index contributed by atoms with van der Waals surface area (Å²) in [4.78, 5) is 0. The largest absolute Gasteiger partial charge is 0.388 e. The van der Waals surface area contributed by atoms with Crippen LogP contribution in [0.15, 0.2) is 42.5 Å². The van der Waals surface area contributed by atoms with Crippen LogP contribution in [0.25, 0.3) is 0 Å². The molecule has 0 fully saturated rings. The molecule has 0 bridgehead atoms. The Morgan fingerprint density at radius 3 is 2.39 bits per heavy atom. The molecular weight excluding hydrogens is 227 g/mol. The highest BCUT2D eigenvalue weighted by Gasteiger charge is 2.12. The van der Waals surface area contributed by atoms with Gasteiger partial charge in [0.05, 0.1) is 6.04 Å². The van der Waals surface area contributed by atoms with Crippen LogP contribution < -0.4 is 11.1 Å². The minimum absolute atomic E-state index is 0.247. The number of hydrogen-bond donors (Lipinski definition) is 2. The Kier molecular flexibility index (Phi) is 3.63. The lowest BCUT2D eigenvalue weighted by Crippen LogP contribution is -2.14. The average molecular weight is 244 g/mol. The monoisotopic (exact) mass is 244 g/mol. The summed E-state index contributed by atoms with van der Waals surface area (Å²) in [6.45, 7) is 2.04. The molecule has 0 spiro atoms. The van der Waals surface area contributed by atoms with Gasteiger partial charge in [-0.15, -0.1) is 0 Å². The fourth-order valence-corrected chi connectivity index (χ4v) is 2.01. The van der Waals surface area contributed by atoms with Crippen molar-refractivity contribution < 1.29 is 4.39 Å². The number of halogens is 1. The van der Waals surface area contributed by atoms with Gasteiger partial charge in [0, 0.05) is 12.7 Å². The van der Waals surface area contributed by atoms with E-state index in [1.165, 1.54) is 17.7 Å². The van der Waals surface area contributed by atoms with Crippen LogP contribution in [0.2, 0.25) is 0 Å². The van der Waals surface area contributed by atoms with Gasteiger partial charge in [0.25, 0.3) is 0 Å². The Bertz CT molecular complexity index is 535. The van der Waals surface area contributed by atoms with Gasteiger partial charge in [-0.2, -0.15) is 0 Å². The summed E-state index contributed by atoms with van der Waals surface area (Å²) >= 11 is 0. The summed E-state index contributed by atoms with van der Waals surface area (Å²) in [6.07, 6.45) is 0. The lowest BCUT2D eigenvalue weighted by Gasteiger charge is -2.17. The molecule has 1 atom stereocenters. The zero-order chi connectivity index (χ0) is 13.1. The quantitative estimate of drug-likeness (QED) is 0.870. The summed E-state index contributed by atoms with van der Waals surface area (Å²) in [5, 5.41) is 3.14. The van der Waals surface area contributed by atoms with Crippen LogP contribution in [0.5, 0.6) is 0 Å². The van der Waals surface area contributed by atoms with E-state index in [-0.39, 0.29) is 11.9 Å². The van der Waals surface area contributed by atoms with Gasteiger partial charge < -0.3 is 11.1 Å². The molecule has 0 heterocycles. The number of nitrogens with one attached hydrogen (secondary N) is 1. The van der Waals surface area contributed by atoms with Crippen LogP contribution in [0, 0.1) is 12.7 Å². The summed E-state index contributed by atoms with van der Waals surface area (Å²) in [5.41, 5.74) is 10.3. The van der Waals surface area contributed by atoms with E-state index in [1.54, 1.807) is 12.1 Å². The van der Waals surface area contributed by atoms with E-state index in [2.05, 4.69) is 11.4 Å². The predicted octanol–water partition coefficient (Wildman–Crippen LogP) is 3.22. The highest BCUT2D eigenvalue weighted by molar-refractivity contribution is 5.56. The number of aryl methyl sites for hydroxylation is 1. The molecule has 0 aromatic heterocycles. The topological polar surface area (TPSA) is 38.0 Å². The zero-order valence-electron chi connectivity index (χ0n) is 10.6. The van der Waals surface area contributed by atoms with E-state index < -0.39 is 0 Å². The van der Waals surface area contributed by atoms with Gasteiger partial charge in [-0.05, 0) is 41.8 Å². The van der Waals surface area contributed by atoms with Crippen molar-refractivity contribution in [2.75, 3.05) is 12.4 Å². The molecule has 1 unspecified atom stereocenters. The van der Waals surface area contributed by atoms with Crippen molar-refractivity contribution in [2.45, 2.75) is 13.0 Å². The Hall–Kier alpha value is -1.87. The van der Waals surface area contributed by atoms with Crippen LogP contribution in [0.1, 0.15) is 22.7 Å². The van der Waals surface area contributed by atoms with Gasteiger partial charge in [0.2, 0.25) is 0 Å². The Morgan fingerprint density at radius 1 is 1.11 bits per heavy atom. The molecule has 94 valence electrons. The Balaban J connectivity index is 2.39. The van der Waals surface area contributed by atoms with Crippen molar-refractivity contribution in [3.63, 3.8) is 0 Å². The first-order chi connectivity index (χ1) is 8.61. The first kappa shape index (κ1) is 12.6. The van der Waals surface area contributed by atoms with Gasteiger partial charge in [-0.25, -0.2) is 4.39 Å². The van der Waals surface area contributed by atoms with Crippen LogP contribution >= 0.6 is 0 Å². The number of nitrogens with two attached hydrogens (primary N) is 1. The smallest absolute Gasteiger partial charge is 0.123 e. The van der Waals surface area contributed by atoms with E-state index in [0.29, 0.717) is 0 Å². The molecule has 0 amide bonds. The standard InChI is InChI=1S/C15H17FN2/c1-10-3-8-13(14(9-10)18-2)15(17)11-4-6-12(16)7-5-11/h3-9,15,18H,17H2,1-2H3. The van der Waals surface area contributed by atoms with Gasteiger partial charge in [0.15, 0.2) is 0 Å². The van der Waals surface area contributed by atoms with Crippen LogP contribution in [-0.2, 0) is 0 Å². The summed E-state index contributed by atoms with van der Waals surface area (Å²) in [5.74, 6) is -0.247. The molecule has 3 heteroatoms. The van der Waals surface area contributed by atoms with E-state index >= 15 is 0 Å². The zero-order valence-corrected chi connectivity index (χ0v) is 10.6. The molecular formula is C15H17FN2. The fraction of sp³-hybridized carbons (Fsp3) is 0.200. The molecule has 2 aromatic rings. The molecule has 0 saturated carbocycles. The SMILES string of the molecule is CNc1cc(C)ccc1C(N)c1ccc(F)cc1. The first-order valence-electron chi connectivity index (χ1n) is 5.91. The van der Waals surface area contributed by atoms with Gasteiger partial charge in [-0.1, -0.05) is 24.3 Å². The number of rotatable bonds is 3. The van der Waals surface area contributed by atoms with Crippen molar-refractivity contribution in [1.29, 1.82) is 0 Å². The minimum Gasteiger partial charge on any atom is -0.388 e. The third kappa shape index (κ3) is 2.51. The maximum atomic E-state index is 12.9. The van der Waals surface area contributed by atoms with Gasteiger partial charge in [0.1, 0.15) is 5.82 Å². The second kappa shape index (κ2) is 5.19. The van der Waals surface area contributed by atoms with Gasteiger partial charge in [-0.3, -0.25) is 0 Å². The highest BCUT2D eigenvalue weighted by atomic mass is 19.1. The molecule has 0 saturated heterocycles. The Labute approximate surface area is 107 Å². The maximum Gasteiger partial charge on any atom is 0.123 e. The summed E-state index contributed by atoms with van der Waals surface area (Å²) in [7, 11) is 1.87. The Morgan fingerprint density at radius 2 is 1.78 bits per heavy atom. The highest BCUT2D eigenvalue weighted by Crippen LogP contribution is 2.27. The van der Waals surface area contributed by atoms with Crippen molar-refractivity contribution >= 4 is 5.69 Å². The predicted molar refractivity (Wildman–Crippen MR) is 73.2 cm³/mol. The van der Waals surface area contributed by atoms with Crippen LogP contribution in [-0.4, -0.2) is 7.05 Å². The van der Waals surface area contributed by atoms with E-state index in [1.807, 2.05) is 26.1 Å². The van der Waals surface area contributed by atoms with Crippen LogP contribution in [0.4, 0.5) is 10.1 Å². The molecule has 18 heavy (non-hydrogen) atoms. The second-order valence-electron chi connectivity index (χ2n) is 4.37. The van der Waals surface area contributed by atoms with Crippen molar-refractivity contribution in [2.24, 2.45) is 5.73 Å². The number of anilines is 1. The first-order valence-corrected chi connectivity index (χ1v) is 5.91. The summed E-state index contributed by atoms with van der Waals surface area (Å²) < 4.78 is 12.9. The molecule has 0 aliphatic rings. The van der Waals surface area contributed by atoms with E-state index in [0.717, 1.165) is 16.8 Å². The summed E-state index contributed by atoms with van der Waals surface area (Å²) in [6, 6.07) is 12.1. The molecule has 2 aromatic carbocycles. The lowest BCUT2D eigenvalue weighted by molar-refractivity contribution is 0.626. The average Bonchev–Trinajstić information content (AvgIpc) is 2.38. The van der Waals surface area contributed by atoms with Crippen LogP contribution in [0.3, 0.4) is 0 Å². The molecule has 0 aliphatic carbocycles. The number of hydrogen-bond acceptors (Lipinski definition) is 2. The fourth-order valence-electron chi connectivity index (χ4n) is 2.01. The van der Waals surface area contributed by atoms with Crippen molar-refractivity contribution in [3.05, 3.63) is 65.0 Å². The third-order valence-electron chi connectivity index (χ3n) is 3.04. The van der Waals surface area contributed by atoms with Gasteiger partial charge >= 0.3 is 0 Å². The molecule has 2 rings (SSSR count). The van der Waals surface area contributed by atoms with E-state index in [9.17, 15) is 4.39 Å². The second-order valence-corrected chi connectivity index (χ2v) is 4.37. The normalized spacial score (nSPS) is 12.2. The van der Waals surface area contributed by atoms with Crippen molar-refractivity contribution in [1.82, 2.24) is 0 Å². The van der Waals surface area contributed by atoms with Crippen molar-refractivity contribution in [3.8, 4) is 0 Å². The van der Waals surface area contributed by atoms with E-state index in [4.69, 9.17) is 5.73 Å². The molecule has 2 nitrogen and oxygen atoms in total. The maximum absolute atomic E-state index is 12.9. The lowest BCUT2D eigenvalue weighted by atomic mass is 9.97. The molecule has 0 aliphatic heterocycles. The number of benzene rings is 2. The molecule has 0 radical (unpaired) electrons. The third-order valence-corrected chi connectivity index (χ3v) is 3.04.